The summed E-state index contributed by atoms with van der Waals surface area (Å²) in [7, 11) is 0. The number of hydrogen-bond donors (Lipinski definition) is 2. The van der Waals surface area contributed by atoms with Gasteiger partial charge in [-0.25, -0.2) is 4.79 Å². The van der Waals surface area contributed by atoms with Crippen molar-refractivity contribution in [3.63, 3.8) is 0 Å². The Morgan fingerprint density at radius 2 is 1.95 bits per heavy atom. The van der Waals surface area contributed by atoms with E-state index in [2.05, 4.69) is 10.6 Å². The first-order valence-electron chi connectivity index (χ1n) is 6.29. The van der Waals surface area contributed by atoms with Gasteiger partial charge in [-0.15, -0.1) is 0 Å². The van der Waals surface area contributed by atoms with Crippen LogP contribution in [0.3, 0.4) is 0 Å². The maximum absolute atomic E-state index is 11.7. The lowest BCUT2D eigenvalue weighted by atomic mass is 10.2. The molecule has 0 saturated heterocycles. The Bertz CT molecular complexity index is 731. The minimum absolute atomic E-state index is 0.126. The molecular formula is C15H12ClN3O3. The predicted molar refractivity (Wildman–Crippen MR) is 85.7 cm³/mol. The Kier molecular flexibility index (Phi) is 5.11. The number of para-hydroxylation sites is 2. The molecule has 0 aliphatic heterocycles. The third-order valence-electron chi connectivity index (χ3n) is 2.69. The minimum atomic E-state index is -0.576. The molecule has 0 saturated carbocycles. The van der Waals surface area contributed by atoms with Crippen molar-refractivity contribution >= 4 is 35.1 Å². The standard InChI is InChI=1S/C15H12ClN3O3/c16-12-5-3-4-11(10-12)8-9-17-15(20)18-13-6-1-2-7-14(13)19(21)22/h1-10H,(H2,17,18,20)/b9-8+. The third kappa shape index (κ3) is 4.32. The normalized spacial score (nSPS) is 10.4. The Balaban J connectivity index is 1.98. The number of benzene rings is 2. The molecule has 0 spiro atoms. The lowest BCUT2D eigenvalue weighted by Crippen LogP contribution is -2.24. The van der Waals surface area contributed by atoms with E-state index < -0.39 is 11.0 Å². The number of rotatable bonds is 4. The fourth-order valence-corrected chi connectivity index (χ4v) is 1.92. The van der Waals surface area contributed by atoms with Crippen LogP contribution in [-0.4, -0.2) is 11.0 Å². The van der Waals surface area contributed by atoms with Gasteiger partial charge >= 0.3 is 6.03 Å². The second-order valence-electron chi connectivity index (χ2n) is 4.26. The molecule has 0 atom stereocenters. The van der Waals surface area contributed by atoms with E-state index in [4.69, 9.17) is 11.6 Å². The number of nitrogens with zero attached hydrogens (tertiary/aromatic N) is 1. The molecule has 0 aliphatic carbocycles. The van der Waals surface area contributed by atoms with Gasteiger partial charge in [-0.1, -0.05) is 35.9 Å². The summed E-state index contributed by atoms with van der Waals surface area (Å²) in [5.74, 6) is 0. The summed E-state index contributed by atoms with van der Waals surface area (Å²) in [5.41, 5.74) is 0.774. The van der Waals surface area contributed by atoms with E-state index in [1.165, 1.54) is 24.4 Å². The molecule has 0 bridgehead atoms. The number of nitrogens with one attached hydrogen (secondary N) is 2. The molecule has 2 aromatic carbocycles. The first-order chi connectivity index (χ1) is 10.6. The van der Waals surface area contributed by atoms with Gasteiger partial charge < -0.3 is 10.6 Å². The maximum atomic E-state index is 11.7. The number of urea groups is 1. The van der Waals surface area contributed by atoms with Gasteiger partial charge in [-0.3, -0.25) is 10.1 Å². The monoisotopic (exact) mass is 317 g/mol. The lowest BCUT2D eigenvalue weighted by molar-refractivity contribution is -0.383. The zero-order chi connectivity index (χ0) is 15.9. The van der Waals surface area contributed by atoms with Crippen LogP contribution in [0.5, 0.6) is 0 Å². The molecule has 2 rings (SSSR count). The Morgan fingerprint density at radius 3 is 2.68 bits per heavy atom. The van der Waals surface area contributed by atoms with Crippen molar-refractivity contribution in [3.05, 3.63) is 75.4 Å². The number of nitro benzene ring substituents is 1. The van der Waals surface area contributed by atoms with Crippen molar-refractivity contribution in [2.75, 3.05) is 5.32 Å². The molecule has 0 radical (unpaired) electrons. The van der Waals surface area contributed by atoms with E-state index in [-0.39, 0.29) is 11.4 Å². The third-order valence-corrected chi connectivity index (χ3v) is 2.92. The van der Waals surface area contributed by atoms with E-state index in [9.17, 15) is 14.9 Å². The number of nitro groups is 1. The smallest absolute Gasteiger partial charge is 0.314 e. The molecule has 0 heterocycles. The van der Waals surface area contributed by atoms with Crippen LogP contribution in [0.2, 0.25) is 5.02 Å². The van der Waals surface area contributed by atoms with Crippen LogP contribution in [0.4, 0.5) is 16.2 Å². The zero-order valence-corrected chi connectivity index (χ0v) is 12.1. The van der Waals surface area contributed by atoms with Gasteiger partial charge in [0.15, 0.2) is 0 Å². The van der Waals surface area contributed by atoms with Crippen molar-refractivity contribution in [1.29, 1.82) is 0 Å². The maximum Gasteiger partial charge on any atom is 0.323 e. The van der Waals surface area contributed by atoms with Crippen LogP contribution >= 0.6 is 11.6 Å². The fourth-order valence-electron chi connectivity index (χ4n) is 1.72. The van der Waals surface area contributed by atoms with Crippen LogP contribution in [-0.2, 0) is 0 Å². The van der Waals surface area contributed by atoms with Crippen LogP contribution in [0.1, 0.15) is 5.56 Å². The van der Waals surface area contributed by atoms with Gasteiger partial charge in [-0.2, -0.15) is 0 Å². The van der Waals surface area contributed by atoms with E-state index in [1.54, 1.807) is 30.3 Å². The molecule has 0 aliphatic rings. The molecule has 0 unspecified atom stereocenters. The molecule has 22 heavy (non-hydrogen) atoms. The number of halogens is 1. The highest BCUT2D eigenvalue weighted by Crippen LogP contribution is 2.22. The highest BCUT2D eigenvalue weighted by atomic mass is 35.5. The summed E-state index contributed by atoms with van der Waals surface area (Å²) in [5, 5.41) is 16.3. The van der Waals surface area contributed by atoms with Crippen molar-refractivity contribution in [3.8, 4) is 0 Å². The van der Waals surface area contributed by atoms with E-state index in [0.717, 1.165) is 5.56 Å². The highest BCUT2D eigenvalue weighted by molar-refractivity contribution is 6.30. The molecule has 0 fully saturated rings. The van der Waals surface area contributed by atoms with Gasteiger partial charge in [0.2, 0.25) is 0 Å². The van der Waals surface area contributed by atoms with Crippen LogP contribution in [0.25, 0.3) is 6.08 Å². The van der Waals surface area contributed by atoms with Crippen LogP contribution in [0.15, 0.2) is 54.7 Å². The molecule has 7 heteroatoms. The summed E-state index contributed by atoms with van der Waals surface area (Å²) in [6, 6.07) is 12.4. The number of carbonyl (C=O) groups is 1. The minimum Gasteiger partial charge on any atom is -0.314 e. The summed E-state index contributed by atoms with van der Waals surface area (Å²) < 4.78 is 0. The summed E-state index contributed by atoms with van der Waals surface area (Å²) in [4.78, 5) is 22.0. The number of anilines is 1. The average Bonchev–Trinajstić information content (AvgIpc) is 2.47. The highest BCUT2D eigenvalue weighted by Gasteiger charge is 2.13. The van der Waals surface area contributed by atoms with Crippen molar-refractivity contribution in [2.45, 2.75) is 0 Å². The predicted octanol–water partition coefficient (Wildman–Crippen LogP) is 4.04. The van der Waals surface area contributed by atoms with Crippen LogP contribution < -0.4 is 10.6 Å². The Hall–Kier alpha value is -2.86. The quantitative estimate of drug-likeness (QED) is 0.659. The van der Waals surface area contributed by atoms with Crippen LogP contribution in [0, 0.1) is 10.1 Å². The second kappa shape index (κ2) is 7.24. The SMILES string of the molecule is O=C(N/C=C/c1cccc(Cl)c1)Nc1ccccc1[N+](=O)[O-]. The summed E-state index contributed by atoms with van der Waals surface area (Å²) in [6.45, 7) is 0. The van der Waals surface area contributed by atoms with E-state index >= 15 is 0 Å². The molecule has 0 aromatic heterocycles. The molecule has 2 amide bonds. The Labute approximate surface area is 131 Å². The largest absolute Gasteiger partial charge is 0.323 e. The lowest BCUT2D eigenvalue weighted by Gasteiger charge is -2.05. The van der Waals surface area contributed by atoms with Crippen molar-refractivity contribution in [2.24, 2.45) is 0 Å². The summed E-state index contributed by atoms with van der Waals surface area (Å²) >= 11 is 5.84. The number of hydrogen-bond acceptors (Lipinski definition) is 3. The van der Waals surface area contributed by atoms with Gasteiger partial charge in [-0.05, 0) is 29.8 Å². The first kappa shape index (κ1) is 15.5. The molecule has 2 N–H and O–H groups in total. The average molecular weight is 318 g/mol. The number of carbonyl (C=O) groups excluding carboxylic acids is 1. The van der Waals surface area contributed by atoms with Gasteiger partial charge in [0, 0.05) is 17.3 Å². The van der Waals surface area contributed by atoms with Crippen molar-refractivity contribution in [1.82, 2.24) is 5.32 Å². The fraction of sp³-hybridized carbons (Fsp3) is 0. The van der Waals surface area contributed by atoms with Gasteiger partial charge in [0.25, 0.3) is 5.69 Å². The number of amides is 2. The molecule has 112 valence electrons. The Morgan fingerprint density at radius 1 is 1.18 bits per heavy atom. The van der Waals surface area contributed by atoms with Gasteiger partial charge in [0.1, 0.15) is 5.69 Å². The summed E-state index contributed by atoms with van der Waals surface area (Å²) in [6.07, 6.45) is 3.08. The van der Waals surface area contributed by atoms with E-state index in [0.29, 0.717) is 5.02 Å². The molecule has 2 aromatic rings. The second-order valence-corrected chi connectivity index (χ2v) is 4.70. The topological polar surface area (TPSA) is 84.3 Å². The molecule has 6 nitrogen and oxygen atoms in total. The van der Waals surface area contributed by atoms with Gasteiger partial charge in [0.05, 0.1) is 4.92 Å². The first-order valence-corrected chi connectivity index (χ1v) is 6.67. The van der Waals surface area contributed by atoms with Crippen molar-refractivity contribution < 1.29 is 9.72 Å². The van der Waals surface area contributed by atoms with E-state index in [1.807, 2.05) is 6.07 Å². The molecular weight excluding hydrogens is 306 g/mol. The zero-order valence-electron chi connectivity index (χ0n) is 11.3.